The third-order valence-corrected chi connectivity index (χ3v) is 4.66. The molecule has 1 heterocycles. The summed E-state index contributed by atoms with van der Waals surface area (Å²) >= 11 is 0. The Hall–Kier alpha value is -3.56. The lowest BCUT2D eigenvalue weighted by atomic mass is 10.1. The molecule has 0 fully saturated rings. The van der Waals surface area contributed by atoms with Crippen LogP contribution < -0.4 is 14.5 Å². The van der Waals surface area contributed by atoms with Crippen molar-refractivity contribution in [1.29, 1.82) is 0 Å². The van der Waals surface area contributed by atoms with E-state index >= 15 is 0 Å². The minimum absolute atomic E-state index is 0.0665. The Labute approximate surface area is 168 Å². The average molecular weight is 421 g/mol. The van der Waals surface area contributed by atoms with Crippen LogP contribution in [0.3, 0.4) is 0 Å². The fraction of sp³-hybridized carbons (Fsp3) is 0.250. The highest BCUT2D eigenvalue weighted by atomic mass is 19.4. The molecule has 0 bridgehead atoms. The average Bonchev–Trinajstić information content (AvgIpc) is 2.71. The maximum absolute atomic E-state index is 13.0. The van der Waals surface area contributed by atoms with Gasteiger partial charge in [-0.3, -0.25) is 4.79 Å². The zero-order chi connectivity index (χ0) is 22.1. The Morgan fingerprint density at radius 3 is 2.47 bits per heavy atom. The molecule has 3 aromatic rings. The molecule has 1 N–H and O–H groups in total. The topological polar surface area (TPSA) is 89.3 Å². The van der Waals surface area contributed by atoms with E-state index in [1.54, 1.807) is 19.2 Å². The molecule has 0 spiro atoms. The fourth-order valence-corrected chi connectivity index (χ4v) is 3.03. The molecular formula is C20H18F3N3O4. The number of benzene rings is 2. The number of aromatic nitrogens is 2. The van der Waals surface area contributed by atoms with Gasteiger partial charge in [0, 0.05) is 17.5 Å². The molecule has 0 aliphatic carbocycles. The summed E-state index contributed by atoms with van der Waals surface area (Å²) in [5.41, 5.74) is -1.74. The maximum atomic E-state index is 13.0. The number of hydrogen-bond acceptors (Lipinski definition) is 4. The van der Waals surface area contributed by atoms with E-state index in [1.165, 1.54) is 6.92 Å². The molecule has 1 aromatic heterocycles. The number of carbonyl (C=O) groups is 1. The van der Waals surface area contributed by atoms with Crippen molar-refractivity contribution in [3.63, 3.8) is 0 Å². The number of rotatable bonds is 5. The van der Waals surface area contributed by atoms with Crippen LogP contribution in [0.15, 0.2) is 42.5 Å². The van der Waals surface area contributed by atoms with Crippen molar-refractivity contribution >= 4 is 16.9 Å². The van der Waals surface area contributed by atoms with Gasteiger partial charge < -0.3 is 20.0 Å². The van der Waals surface area contributed by atoms with E-state index in [9.17, 15) is 28.1 Å². The molecule has 7 nitrogen and oxygen atoms in total. The summed E-state index contributed by atoms with van der Waals surface area (Å²) in [7, 11) is 1.54. The van der Waals surface area contributed by atoms with Crippen LogP contribution in [0.2, 0.25) is 0 Å². The lowest BCUT2D eigenvalue weighted by molar-refractivity contribution is -0.468. The number of alkyl halides is 3. The standard InChI is InChI=1S/C20H18F3N3O4/c1-12-18(19(27)24-10-9-13-3-6-15(30-2)7-4-13)26(29)17-11-14(20(21,22)23)5-8-16(17)25(12)28/h3-8,11H,9-10H2,1-2H3,(H,24,27). The van der Waals surface area contributed by atoms with E-state index in [0.717, 1.165) is 11.6 Å². The molecule has 1 amide bonds. The maximum Gasteiger partial charge on any atom is 0.416 e. The second kappa shape index (κ2) is 8.05. The second-order valence-corrected chi connectivity index (χ2v) is 6.58. The predicted octanol–water partition coefficient (Wildman–Crippen LogP) is 3.21. The van der Waals surface area contributed by atoms with Gasteiger partial charge in [-0.25, -0.2) is 0 Å². The van der Waals surface area contributed by atoms with Crippen LogP contribution in [0.5, 0.6) is 5.75 Å². The zero-order valence-corrected chi connectivity index (χ0v) is 16.1. The molecule has 0 atom stereocenters. The Morgan fingerprint density at radius 1 is 1.20 bits per heavy atom. The third kappa shape index (κ3) is 4.07. The van der Waals surface area contributed by atoms with Gasteiger partial charge in [0.25, 0.3) is 5.52 Å². The number of hydrogen-bond donors (Lipinski definition) is 1. The minimum atomic E-state index is -4.69. The Morgan fingerprint density at radius 2 is 1.87 bits per heavy atom. The number of ether oxygens (including phenoxy) is 1. The first kappa shape index (κ1) is 21.2. The van der Waals surface area contributed by atoms with E-state index in [2.05, 4.69) is 5.32 Å². The van der Waals surface area contributed by atoms with Crippen molar-refractivity contribution in [3.05, 3.63) is 75.1 Å². The van der Waals surface area contributed by atoms with Crippen molar-refractivity contribution in [3.8, 4) is 5.75 Å². The van der Waals surface area contributed by atoms with Gasteiger partial charge in [0.05, 0.1) is 22.8 Å². The highest BCUT2D eigenvalue weighted by Crippen LogP contribution is 2.30. The molecule has 158 valence electrons. The molecule has 10 heteroatoms. The largest absolute Gasteiger partial charge is 0.805 e. The lowest BCUT2D eigenvalue weighted by Crippen LogP contribution is -2.37. The van der Waals surface area contributed by atoms with Gasteiger partial charge in [0.2, 0.25) is 0 Å². The normalized spacial score (nSPS) is 11.5. The summed E-state index contributed by atoms with van der Waals surface area (Å²) in [6, 6.07) is 9.32. The highest BCUT2D eigenvalue weighted by Gasteiger charge is 2.33. The summed E-state index contributed by atoms with van der Waals surface area (Å²) in [6.45, 7) is 1.42. The smallest absolute Gasteiger partial charge is 0.416 e. The molecule has 0 saturated carbocycles. The number of halogens is 3. The van der Waals surface area contributed by atoms with Crippen molar-refractivity contribution in [2.45, 2.75) is 19.5 Å². The summed E-state index contributed by atoms with van der Waals surface area (Å²) in [6.07, 6.45) is -4.25. The minimum Gasteiger partial charge on any atom is -0.805 e. The molecule has 2 aromatic carbocycles. The van der Waals surface area contributed by atoms with Crippen molar-refractivity contribution in [2.24, 2.45) is 0 Å². The number of amides is 1. The van der Waals surface area contributed by atoms with Gasteiger partial charge >= 0.3 is 17.8 Å². The highest BCUT2D eigenvalue weighted by molar-refractivity contribution is 5.93. The molecule has 0 unspecified atom stereocenters. The van der Waals surface area contributed by atoms with Gasteiger partial charge in [-0.2, -0.15) is 13.2 Å². The molecule has 0 aliphatic heterocycles. The van der Waals surface area contributed by atoms with Gasteiger partial charge in [0.1, 0.15) is 11.3 Å². The number of nitrogens with zero attached hydrogens (tertiary/aromatic N) is 2. The van der Waals surface area contributed by atoms with Crippen molar-refractivity contribution in [2.75, 3.05) is 13.7 Å². The van der Waals surface area contributed by atoms with Crippen LogP contribution >= 0.6 is 0 Å². The van der Waals surface area contributed by atoms with E-state index < -0.39 is 28.9 Å². The zero-order valence-electron chi connectivity index (χ0n) is 16.1. The summed E-state index contributed by atoms with van der Waals surface area (Å²) in [5, 5.41) is 14.9. The van der Waals surface area contributed by atoms with Crippen LogP contribution in [0.25, 0.3) is 11.0 Å². The van der Waals surface area contributed by atoms with Crippen LogP contribution in [-0.4, -0.2) is 24.3 Å². The SMILES string of the molecule is COc1ccc(CCNC(=O)c2c(C)n([O-])c3ccc(C(F)(F)F)cc3[n+]2=O)cc1. The number of carbonyl (C=O) groups excluding carboxylic acids is 1. The summed E-state index contributed by atoms with van der Waals surface area (Å²) < 4.78 is 44.3. The van der Waals surface area contributed by atoms with Crippen LogP contribution in [-0.2, 0) is 12.6 Å². The number of nitrogens with one attached hydrogen (secondary N) is 1. The van der Waals surface area contributed by atoms with Crippen LogP contribution in [0, 0.1) is 17.0 Å². The van der Waals surface area contributed by atoms with Crippen molar-refractivity contribution in [1.82, 2.24) is 10.0 Å². The molecule has 0 saturated heterocycles. The Kier molecular flexibility index (Phi) is 5.68. The first-order valence-electron chi connectivity index (χ1n) is 8.91. The molecule has 0 aliphatic rings. The van der Waals surface area contributed by atoms with Gasteiger partial charge in [-0.05, 0) is 43.2 Å². The monoisotopic (exact) mass is 421 g/mol. The van der Waals surface area contributed by atoms with Crippen LogP contribution in [0.4, 0.5) is 13.2 Å². The van der Waals surface area contributed by atoms with Crippen LogP contribution in [0.1, 0.15) is 27.3 Å². The van der Waals surface area contributed by atoms with E-state index in [1.807, 2.05) is 12.1 Å². The third-order valence-electron chi connectivity index (χ3n) is 4.66. The Bertz CT molecular complexity index is 1160. The lowest BCUT2D eigenvalue weighted by Gasteiger charge is -2.17. The van der Waals surface area contributed by atoms with E-state index in [4.69, 9.17) is 4.74 Å². The summed E-state index contributed by atoms with van der Waals surface area (Å²) in [4.78, 5) is 25.2. The van der Waals surface area contributed by atoms with Gasteiger partial charge in [0.15, 0.2) is 0 Å². The molecule has 30 heavy (non-hydrogen) atoms. The molecule has 0 radical (unpaired) electrons. The predicted molar refractivity (Wildman–Crippen MR) is 103 cm³/mol. The van der Waals surface area contributed by atoms with Crippen molar-refractivity contribution < 1.29 is 27.1 Å². The van der Waals surface area contributed by atoms with E-state index in [0.29, 0.717) is 24.3 Å². The number of fused-ring (bicyclic) bond motifs is 1. The number of methoxy groups -OCH3 is 1. The van der Waals surface area contributed by atoms with Gasteiger partial charge in [-0.15, -0.1) is 0 Å². The molecule has 3 rings (SSSR count). The quantitative estimate of drug-likeness (QED) is 0.641. The first-order chi connectivity index (χ1) is 14.1. The fourth-order valence-electron chi connectivity index (χ4n) is 3.03. The summed E-state index contributed by atoms with van der Waals surface area (Å²) in [5.74, 6) is -0.167. The van der Waals surface area contributed by atoms with E-state index in [-0.39, 0.29) is 26.9 Å². The Balaban J connectivity index is 1.88. The van der Waals surface area contributed by atoms with Gasteiger partial charge in [-0.1, -0.05) is 12.1 Å². The first-order valence-corrected chi connectivity index (χ1v) is 8.91. The second-order valence-electron chi connectivity index (χ2n) is 6.58. The molecular weight excluding hydrogens is 403 g/mol.